The fraction of sp³-hybridized carbons (Fsp3) is 0.533. The highest BCUT2D eigenvalue weighted by molar-refractivity contribution is 5.84. The molecule has 1 saturated carbocycles. The van der Waals surface area contributed by atoms with Crippen LogP contribution in [0.5, 0.6) is 0 Å². The molecular formula is C15H21F2N. The standard InChI is InChI=1S/C11H13F2N.C4H8/c1-4-8(3)14-11-6-10(13)9(12)5-7(11)2;1-4-2-3-4/h5-6H,4H2,1-3H3;4H,2-3H2,1H3. The third-order valence-electron chi connectivity index (χ3n) is 2.93. The van der Waals surface area contributed by atoms with Crippen molar-refractivity contribution in [1.82, 2.24) is 0 Å². The summed E-state index contributed by atoms with van der Waals surface area (Å²) in [6.45, 7) is 7.82. The van der Waals surface area contributed by atoms with Crippen LogP contribution < -0.4 is 0 Å². The van der Waals surface area contributed by atoms with Gasteiger partial charge in [0.2, 0.25) is 0 Å². The quantitative estimate of drug-likeness (QED) is 0.643. The zero-order valence-electron chi connectivity index (χ0n) is 11.6. The average molecular weight is 253 g/mol. The van der Waals surface area contributed by atoms with E-state index < -0.39 is 11.6 Å². The lowest BCUT2D eigenvalue weighted by molar-refractivity contribution is 0.508. The maximum Gasteiger partial charge on any atom is 0.160 e. The van der Waals surface area contributed by atoms with E-state index in [4.69, 9.17) is 0 Å². The van der Waals surface area contributed by atoms with Gasteiger partial charge >= 0.3 is 0 Å². The predicted molar refractivity (Wildman–Crippen MR) is 72.6 cm³/mol. The normalized spacial score (nSPS) is 15.1. The van der Waals surface area contributed by atoms with Gasteiger partial charge in [0, 0.05) is 11.8 Å². The first kappa shape index (κ1) is 14.8. The molecule has 0 radical (unpaired) electrons. The van der Waals surface area contributed by atoms with E-state index in [1.165, 1.54) is 12.8 Å². The van der Waals surface area contributed by atoms with Gasteiger partial charge < -0.3 is 0 Å². The third-order valence-corrected chi connectivity index (χ3v) is 2.93. The summed E-state index contributed by atoms with van der Waals surface area (Å²) in [6.07, 6.45) is 3.78. The first-order chi connectivity index (χ1) is 8.43. The number of hydrogen-bond acceptors (Lipinski definition) is 1. The van der Waals surface area contributed by atoms with Gasteiger partial charge in [0.05, 0.1) is 5.69 Å². The fourth-order valence-corrected chi connectivity index (χ4v) is 1.21. The average Bonchev–Trinajstić information content (AvgIpc) is 3.09. The summed E-state index contributed by atoms with van der Waals surface area (Å²) in [7, 11) is 0. The molecule has 0 amide bonds. The Kier molecular flexibility index (Phi) is 5.45. The number of halogens is 2. The molecule has 0 heterocycles. The van der Waals surface area contributed by atoms with Crippen molar-refractivity contribution in [3.05, 3.63) is 29.3 Å². The smallest absolute Gasteiger partial charge is 0.160 e. The fourth-order valence-electron chi connectivity index (χ4n) is 1.21. The van der Waals surface area contributed by atoms with Crippen LogP contribution in [-0.4, -0.2) is 5.71 Å². The first-order valence-electron chi connectivity index (χ1n) is 6.43. The summed E-state index contributed by atoms with van der Waals surface area (Å²) in [6, 6.07) is 2.29. The lowest BCUT2D eigenvalue weighted by atomic mass is 10.2. The molecule has 0 bridgehead atoms. The second-order valence-corrected chi connectivity index (χ2v) is 4.94. The summed E-state index contributed by atoms with van der Waals surface area (Å²) < 4.78 is 25.6. The molecule has 0 saturated heterocycles. The largest absolute Gasteiger partial charge is 0.258 e. The van der Waals surface area contributed by atoms with E-state index in [0.29, 0.717) is 11.3 Å². The van der Waals surface area contributed by atoms with Gasteiger partial charge in [0.15, 0.2) is 11.6 Å². The van der Waals surface area contributed by atoms with E-state index in [1.807, 2.05) is 13.8 Å². The van der Waals surface area contributed by atoms with Crippen LogP contribution >= 0.6 is 0 Å². The molecule has 1 aliphatic rings. The van der Waals surface area contributed by atoms with E-state index in [1.54, 1.807) is 6.92 Å². The summed E-state index contributed by atoms with van der Waals surface area (Å²) in [5, 5.41) is 0. The number of nitrogens with zero attached hydrogens (tertiary/aromatic N) is 1. The number of aryl methyl sites for hydroxylation is 1. The molecule has 0 unspecified atom stereocenters. The lowest BCUT2D eigenvalue weighted by Gasteiger charge is -2.02. The van der Waals surface area contributed by atoms with Crippen molar-refractivity contribution in [2.45, 2.75) is 47.0 Å². The molecule has 2 rings (SSSR count). The summed E-state index contributed by atoms with van der Waals surface area (Å²) >= 11 is 0. The van der Waals surface area contributed by atoms with Crippen LogP contribution in [0, 0.1) is 24.5 Å². The van der Waals surface area contributed by atoms with Gasteiger partial charge in [-0.2, -0.15) is 0 Å². The van der Waals surface area contributed by atoms with Gasteiger partial charge in [-0.05, 0) is 37.8 Å². The Balaban J connectivity index is 0.000000341. The summed E-state index contributed by atoms with van der Waals surface area (Å²) in [5.74, 6) is -0.589. The van der Waals surface area contributed by atoms with E-state index in [9.17, 15) is 8.78 Å². The molecule has 1 aliphatic carbocycles. The zero-order chi connectivity index (χ0) is 13.7. The van der Waals surface area contributed by atoms with Crippen molar-refractivity contribution in [2.75, 3.05) is 0 Å². The van der Waals surface area contributed by atoms with Crippen molar-refractivity contribution >= 4 is 11.4 Å². The van der Waals surface area contributed by atoms with E-state index in [2.05, 4.69) is 11.9 Å². The molecule has 0 N–H and O–H groups in total. The Morgan fingerprint density at radius 2 is 1.78 bits per heavy atom. The van der Waals surface area contributed by atoms with Gasteiger partial charge in [-0.25, -0.2) is 8.78 Å². The lowest BCUT2D eigenvalue weighted by Crippen LogP contribution is -1.90. The van der Waals surface area contributed by atoms with Gasteiger partial charge in [-0.15, -0.1) is 0 Å². The van der Waals surface area contributed by atoms with E-state index in [0.717, 1.165) is 30.2 Å². The van der Waals surface area contributed by atoms with Crippen LogP contribution in [0.25, 0.3) is 0 Å². The highest BCUT2D eigenvalue weighted by Gasteiger charge is 2.12. The number of rotatable bonds is 2. The monoisotopic (exact) mass is 253 g/mol. The van der Waals surface area contributed by atoms with Crippen LogP contribution in [0.1, 0.15) is 45.6 Å². The minimum absolute atomic E-state index is 0.503. The first-order valence-corrected chi connectivity index (χ1v) is 6.43. The van der Waals surface area contributed by atoms with E-state index in [-0.39, 0.29) is 0 Å². The molecule has 0 spiro atoms. The van der Waals surface area contributed by atoms with Gasteiger partial charge in [-0.3, -0.25) is 4.99 Å². The van der Waals surface area contributed by atoms with Gasteiger partial charge in [-0.1, -0.05) is 26.7 Å². The Morgan fingerprint density at radius 3 is 2.22 bits per heavy atom. The third kappa shape index (κ3) is 4.94. The number of hydrogen-bond donors (Lipinski definition) is 0. The Labute approximate surface area is 108 Å². The SMILES string of the molecule is CC1CC1.CCC(C)=Nc1cc(F)c(F)cc1C. The number of aliphatic imine (C=N–C) groups is 1. The van der Waals surface area contributed by atoms with E-state index >= 15 is 0 Å². The maximum absolute atomic E-state index is 12.9. The van der Waals surface area contributed by atoms with Crippen LogP contribution in [0.4, 0.5) is 14.5 Å². The van der Waals surface area contributed by atoms with Gasteiger partial charge in [0.1, 0.15) is 0 Å². The highest BCUT2D eigenvalue weighted by atomic mass is 19.2. The van der Waals surface area contributed by atoms with Crippen LogP contribution in [0.15, 0.2) is 17.1 Å². The molecule has 1 fully saturated rings. The molecule has 0 atom stereocenters. The van der Waals surface area contributed by atoms with Crippen LogP contribution in [0.3, 0.4) is 0 Å². The summed E-state index contributed by atoms with van der Waals surface area (Å²) in [5.41, 5.74) is 2.05. The number of benzene rings is 1. The molecule has 0 aliphatic heterocycles. The van der Waals surface area contributed by atoms with Crippen molar-refractivity contribution < 1.29 is 8.78 Å². The molecular weight excluding hydrogens is 232 g/mol. The minimum atomic E-state index is -0.849. The van der Waals surface area contributed by atoms with Crippen LogP contribution in [-0.2, 0) is 0 Å². The van der Waals surface area contributed by atoms with Crippen molar-refractivity contribution in [1.29, 1.82) is 0 Å². The van der Waals surface area contributed by atoms with Crippen molar-refractivity contribution in [3.8, 4) is 0 Å². The Bertz CT molecular complexity index is 434. The predicted octanol–water partition coefficient (Wildman–Crippen LogP) is 5.19. The second-order valence-electron chi connectivity index (χ2n) is 4.94. The van der Waals surface area contributed by atoms with Gasteiger partial charge in [0.25, 0.3) is 0 Å². The molecule has 100 valence electrons. The topological polar surface area (TPSA) is 12.4 Å². The maximum atomic E-state index is 12.9. The molecule has 3 heteroatoms. The highest BCUT2D eigenvalue weighted by Crippen LogP contribution is 2.26. The second kappa shape index (κ2) is 6.62. The minimum Gasteiger partial charge on any atom is -0.258 e. The summed E-state index contributed by atoms with van der Waals surface area (Å²) in [4.78, 5) is 4.19. The zero-order valence-corrected chi connectivity index (χ0v) is 11.6. The Morgan fingerprint density at radius 1 is 1.28 bits per heavy atom. The molecule has 0 aromatic heterocycles. The molecule has 18 heavy (non-hydrogen) atoms. The Hall–Kier alpha value is -1.25. The molecule has 1 aromatic carbocycles. The molecule has 1 nitrogen and oxygen atoms in total. The van der Waals surface area contributed by atoms with Crippen LogP contribution in [0.2, 0.25) is 0 Å². The van der Waals surface area contributed by atoms with Crippen molar-refractivity contribution in [2.24, 2.45) is 10.9 Å². The molecule has 1 aromatic rings. The van der Waals surface area contributed by atoms with Crippen molar-refractivity contribution in [3.63, 3.8) is 0 Å².